The van der Waals surface area contributed by atoms with Crippen LogP contribution >= 0.6 is 0 Å². The molecule has 0 saturated heterocycles. The lowest BCUT2D eigenvalue weighted by Crippen LogP contribution is -2.02. The number of halogens is 2. The van der Waals surface area contributed by atoms with Crippen molar-refractivity contribution in [3.63, 3.8) is 0 Å². The topological polar surface area (TPSA) is 48.1 Å². The lowest BCUT2D eigenvalue weighted by atomic mass is 10.2. The lowest BCUT2D eigenvalue weighted by Gasteiger charge is -2.09. The molecule has 1 aromatic heterocycles. The predicted molar refractivity (Wildman–Crippen MR) is 44.9 cm³/mol. The van der Waals surface area contributed by atoms with Crippen LogP contribution in [0, 0.1) is 6.92 Å². The maximum Gasteiger partial charge on any atom is 0.284 e. The zero-order chi connectivity index (χ0) is 10.0. The first kappa shape index (κ1) is 9.70. The Morgan fingerprint density at radius 2 is 2.15 bits per heavy atom. The van der Waals surface area contributed by atoms with Crippen molar-refractivity contribution in [3.8, 4) is 5.75 Å². The van der Waals surface area contributed by atoms with E-state index in [2.05, 4.69) is 4.98 Å². The molecular formula is C8H10F2N2O. The minimum atomic E-state index is -2.67. The SMILES string of the molecule is COc1cc(C)c(N)nc1C(F)F. The van der Waals surface area contributed by atoms with Gasteiger partial charge in [-0.3, -0.25) is 0 Å². The molecular weight excluding hydrogens is 178 g/mol. The molecule has 0 saturated carbocycles. The summed E-state index contributed by atoms with van der Waals surface area (Å²) in [7, 11) is 1.32. The van der Waals surface area contributed by atoms with E-state index < -0.39 is 12.1 Å². The molecule has 0 bridgehead atoms. The van der Waals surface area contributed by atoms with E-state index >= 15 is 0 Å². The second-order valence-electron chi connectivity index (χ2n) is 2.58. The van der Waals surface area contributed by atoms with E-state index in [9.17, 15) is 8.78 Å². The van der Waals surface area contributed by atoms with Gasteiger partial charge in [0, 0.05) is 0 Å². The third-order valence-corrected chi connectivity index (χ3v) is 1.67. The Kier molecular flexibility index (Phi) is 2.65. The Bertz CT molecular complexity index is 315. The monoisotopic (exact) mass is 188 g/mol. The van der Waals surface area contributed by atoms with Gasteiger partial charge in [0.15, 0.2) is 5.69 Å². The minimum absolute atomic E-state index is 0.0710. The number of ether oxygens (including phenoxy) is 1. The van der Waals surface area contributed by atoms with Crippen molar-refractivity contribution in [3.05, 3.63) is 17.3 Å². The van der Waals surface area contributed by atoms with E-state index in [1.54, 1.807) is 6.92 Å². The third-order valence-electron chi connectivity index (χ3n) is 1.67. The van der Waals surface area contributed by atoms with Gasteiger partial charge < -0.3 is 10.5 Å². The molecule has 0 aliphatic heterocycles. The Morgan fingerprint density at radius 1 is 1.54 bits per heavy atom. The Morgan fingerprint density at radius 3 is 2.62 bits per heavy atom. The molecule has 3 nitrogen and oxygen atoms in total. The summed E-state index contributed by atoms with van der Waals surface area (Å²) in [5.41, 5.74) is 5.60. The fraction of sp³-hybridized carbons (Fsp3) is 0.375. The Balaban J connectivity index is 3.25. The summed E-state index contributed by atoms with van der Waals surface area (Å²) in [6, 6.07) is 1.45. The highest BCUT2D eigenvalue weighted by atomic mass is 19.3. The molecule has 0 aliphatic carbocycles. The van der Waals surface area contributed by atoms with Gasteiger partial charge in [0.05, 0.1) is 7.11 Å². The summed E-state index contributed by atoms with van der Waals surface area (Å²) < 4.78 is 29.4. The van der Waals surface area contributed by atoms with Crippen molar-refractivity contribution in [2.75, 3.05) is 12.8 Å². The number of nitrogens with zero attached hydrogens (tertiary/aromatic N) is 1. The summed E-state index contributed by atoms with van der Waals surface area (Å²) in [6.45, 7) is 1.68. The molecule has 1 heterocycles. The largest absolute Gasteiger partial charge is 0.495 e. The number of nitrogen functional groups attached to an aromatic ring is 1. The van der Waals surface area contributed by atoms with Gasteiger partial charge in [-0.1, -0.05) is 0 Å². The molecule has 1 rings (SSSR count). The smallest absolute Gasteiger partial charge is 0.284 e. The molecule has 0 fully saturated rings. The number of hydrogen-bond acceptors (Lipinski definition) is 3. The molecule has 1 aromatic rings. The normalized spacial score (nSPS) is 10.5. The van der Waals surface area contributed by atoms with Gasteiger partial charge in [0.1, 0.15) is 11.6 Å². The maximum atomic E-state index is 12.3. The Hall–Kier alpha value is -1.39. The van der Waals surface area contributed by atoms with Crippen molar-refractivity contribution >= 4 is 5.82 Å². The van der Waals surface area contributed by atoms with Crippen LogP contribution in [0.15, 0.2) is 6.07 Å². The summed E-state index contributed by atoms with van der Waals surface area (Å²) >= 11 is 0. The van der Waals surface area contributed by atoms with Gasteiger partial charge in [-0.25, -0.2) is 13.8 Å². The molecule has 0 atom stereocenters. The van der Waals surface area contributed by atoms with Gasteiger partial charge >= 0.3 is 0 Å². The Labute approximate surface area is 74.5 Å². The number of nitrogens with two attached hydrogens (primary N) is 1. The van der Waals surface area contributed by atoms with Crippen molar-refractivity contribution in [2.45, 2.75) is 13.3 Å². The fourth-order valence-corrected chi connectivity index (χ4v) is 0.937. The van der Waals surface area contributed by atoms with Crippen molar-refractivity contribution in [1.29, 1.82) is 0 Å². The van der Waals surface area contributed by atoms with Crippen LogP contribution in [-0.4, -0.2) is 12.1 Å². The quantitative estimate of drug-likeness (QED) is 0.771. The van der Waals surface area contributed by atoms with Crippen molar-refractivity contribution < 1.29 is 13.5 Å². The predicted octanol–water partition coefficient (Wildman–Crippen LogP) is 1.92. The van der Waals surface area contributed by atoms with E-state index in [4.69, 9.17) is 10.5 Å². The lowest BCUT2D eigenvalue weighted by molar-refractivity contribution is 0.141. The van der Waals surface area contributed by atoms with Crippen molar-refractivity contribution in [1.82, 2.24) is 4.98 Å². The highest BCUT2D eigenvalue weighted by molar-refractivity contribution is 5.45. The number of aryl methyl sites for hydroxylation is 1. The first-order chi connectivity index (χ1) is 6.06. The molecule has 0 radical (unpaired) electrons. The second-order valence-corrected chi connectivity index (χ2v) is 2.58. The molecule has 72 valence electrons. The molecule has 0 unspecified atom stereocenters. The molecule has 0 amide bonds. The highest BCUT2D eigenvalue weighted by Gasteiger charge is 2.17. The van der Waals surface area contributed by atoms with Crippen molar-refractivity contribution in [2.24, 2.45) is 0 Å². The number of hydrogen-bond donors (Lipinski definition) is 1. The summed E-state index contributed by atoms with van der Waals surface area (Å²) in [4.78, 5) is 3.55. The number of anilines is 1. The van der Waals surface area contributed by atoms with Gasteiger partial charge in [0.2, 0.25) is 0 Å². The van der Waals surface area contributed by atoms with Crippen LogP contribution in [0.2, 0.25) is 0 Å². The summed E-state index contributed by atoms with van der Waals surface area (Å²) in [5, 5.41) is 0. The summed E-state index contributed by atoms with van der Waals surface area (Å²) in [6.07, 6.45) is -2.67. The van der Waals surface area contributed by atoms with E-state index in [1.165, 1.54) is 13.2 Å². The van der Waals surface area contributed by atoms with Crippen LogP contribution in [0.4, 0.5) is 14.6 Å². The number of methoxy groups -OCH3 is 1. The first-order valence-electron chi connectivity index (χ1n) is 3.65. The van der Waals surface area contributed by atoms with Gasteiger partial charge in [-0.05, 0) is 18.6 Å². The van der Waals surface area contributed by atoms with Crippen LogP contribution in [0.5, 0.6) is 5.75 Å². The summed E-state index contributed by atoms with van der Waals surface area (Å²) in [5.74, 6) is 0.179. The van der Waals surface area contributed by atoms with Crippen LogP contribution in [0.25, 0.3) is 0 Å². The minimum Gasteiger partial charge on any atom is -0.495 e. The number of aromatic nitrogens is 1. The number of alkyl halides is 2. The van der Waals surface area contributed by atoms with Gasteiger partial charge in [0.25, 0.3) is 6.43 Å². The van der Waals surface area contributed by atoms with Crippen LogP contribution in [0.3, 0.4) is 0 Å². The average Bonchev–Trinajstić information content (AvgIpc) is 2.08. The standard InChI is InChI=1S/C8H10F2N2O/c1-4-3-5(13-2)6(7(9)10)12-8(4)11/h3,7H,1-2H3,(H2,11,12). The van der Waals surface area contributed by atoms with E-state index in [0.717, 1.165) is 0 Å². The fourth-order valence-electron chi connectivity index (χ4n) is 0.937. The van der Waals surface area contributed by atoms with Crippen LogP contribution in [0.1, 0.15) is 17.7 Å². The molecule has 13 heavy (non-hydrogen) atoms. The van der Waals surface area contributed by atoms with E-state index in [0.29, 0.717) is 5.56 Å². The second kappa shape index (κ2) is 3.55. The van der Waals surface area contributed by atoms with E-state index in [-0.39, 0.29) is 11.6 Å². The maximum absolute atomic E-state index is 12.3. The third kappa shape index (κ3) is 1.85. The highest BCUT2D eigenvalue weighted by Crippen LogP contribution is 2.29. The molecule has 5 heteroatoms. The number of pyridine rings is 1. The number of rotatable bonds is 2. The molecule has 2 N–H and O–H groups in total. The first-order valence-corrected chi connectivity index (χ1v) is 3.65. The molecule has 0 aromatic carbocycles. The zero-order valence-corrected chi connectivity index (χ0v) is 7.34. The van der Waals surface area contributed by atoms with Crippen LogP contribution in [-0.2, 0) is 0 Å². The van der Waals surface area contributed by atoms with E-state index in [1.807, 2.05) is 0 Å². The molecule has 0 spiro atoms. The average molecular weight is 188 g/mol. The van der Waals surface area contributed by atoms with Gasteiger partial charge in [-0.2, -0.15) is 0 Å². The zero-order valence-electron chi connectivity index (χ0n) is 7.34. The van der Waals surface area contributed by atoms with Gasteiger partial charge in [-0.15, -0.1) is 0 Å². The van der Waals surface area contributed by atoms with Crippen LogP contribution < -0.4 is 10.5 Å². The molecule has 0 aliphatic rings.